The van der Waals surface area contributed by atoms with Gasteiger partial charge >= 0.3 is 0 Å². The number of Topliss-reactive ketones (excluding diaryl/α,β-unsaturated/α-hetero) is 1. The number of rotatable bonds is 2. The van der Waals surface area contributed by atoms with Crippen molar-refractivity contribution >= 4 is 34.8 Å². The lowest BCUT2D eigenvalue weighted by Gasteiger charge is -2.39. The second kappa shape index (κ2) is 5.54. The van der Waals surface area contributed by atoms with Crippen LogP contribution in [0.15, 0.2) is 18.2 Å². The Kier molecular flexibility index (Phi) is 4.23. The average molecular weight is 284 g/mol. The molecule has 1 aliphatic rings. The monoisotopic (exact) mass is 283 g/mol. The minimum absolute atomic E-state index is 0.0159. The number of anilines is 1. The van der Waals surface area contributed by atoms with Crippen molar-refractivity contribution in [2.75, 3.05) is 17.2 Å². The minimum Gasteiger partial charge on any atom is -0.367 e. The number of carbonyl (C=O) groups excluding carboxylic acids is 1. The zero-order valence-corrected chi connectivity index (χ0v) is 12.5. The topological polar surface area (TPSA) is 20.3 Å². The molecule has 1 aliphatic heterocycles. The molecule has 0 spiro atoms. The standard InChI is InChI=1S/C14H18ClNOS/c1-9-11(3)18-7-6-16(9)12-4-5-13(10(2)17)14(15)8-12/h4-5,8-9,11H,6-7H2,1-3H3. The van der Waals surface area contributed by atoms with Crippen molar-refractivity contribution in [2.45, 2.75) is 32.1 Å². The summed E-state index contributed by atoms with van der Waals surface area (Å²) < 4.78 is 0. The summed E-state index contributed by atoms with van der Waals surface area (Å²) in [6, 6.07) is 6.24. The van der Waals surface area contributed by atoms with Gasteiger partial charge in [0.1, 0.15) is 0 Å². The van der Waals surface area contributed by atoms with Gasteiger partial charge in [0.25, 0.3) is 0 Å². The molecule has 0 saturated carbocycles. The van der Waals surface area contributed by atoms with Gasteiger partial charge in [0.15, 0.2) is 5.78 Å². The number of hydrogen-bond donors (Lipinski definition) is 0. The number of halogens is 1. The van der Waals surface area contributed by atoms with Crippen LogP contribution in [-0.4, -0.2) is 29.4 Å². The fraction of sp³-hybridized carbons (Fsp3) is 0.500. The van der Waals surface area contributed by atoms with Gasteiger partial charge in [0.2, 0.25) is 0 Å². The molecular formula is C14H18ClNOS. The lowest BCUT2D eigenvalue weighted by Crippen LogP contribution is -2.44. The number of thioether (sulfide) groups is 1. The van der Waals surface area contributed by atoms with Crippen molar-refractivity contribution in [1.29, 1.82) is 0 Å². The number of hydrogen-bond acceptors (Lipinski definition) is 3. The van der Waals surface area contributed by atoms with Gasteiger partial charge in [-0.1, -0.05) is 18.5 Å². The Morgan fingerprint density at radius 3 is 2.78 bits per heavy atom. The molecule has 2 atom stereocenters. The highest BCUT2D eigenvalue weighted by atomic mass is 35.5. The van der Waals surface area contributed by atoms with Gasteiger partial charge in [-0.05, 0) is 32.0 Å². The van der Waals surface area contributed by atoms with Crippen molar-refractivity contribution < 1.29 is 4.79 Å². The van der Waals surface area contributed by atoms with Crippen LogP contribution in [0.1, 0.15) is 31.1 Å². The summed E-state index contributed by atoms with van der Waals surface area (Å²) >= 11 is 8.18. The number of carbonyl (C=O) groups is 1. The molecule has 0 amide bonds. The van der Waals surface area contributed by atoms with Gasteiger partial charge in [0, 0.05) is 34.8 Å². The minimum atomic E-state index is 0.0159. The molecule has 1 heterocycles. The molecule has 0 bridgehead atoms. The normalized spacial score (nSPS) is 24.1. The molecule has 0 aliphatic carbocycles. The number of nitrogens with zero attached hydrogens (tertiary/aromatic N) is 1. The second-order valence-corrected chi connectivity index (χ2v) is 6.62. The Hall–Kier alpha value is -0.670. The van der Waals surface area contributed by atoms with E-state index in [2.05, 4.69) is 18.7 Å². The lowest BCUT2D eigenvalue weighted by atomic mass is 10.1. The van der Waals surface area contributed by atoms with Gasteiger partial charge in [-0.2, -0.15) is 11.8 Å². The Morgan fingerprint density at radius 2 is 2.17 bits per heavy atom. The molecule has 18 heavy (non-hydrogen) atoms. The van der Waals surface area contributed by atoms with Crippen LogP contribution in [0.2, 0.25) is 5.02 Å². The predicted octanol–water partition coefficient (Wildman–Crippen LogP) is 3.87. The molecule has 0 N–H and O–H groups in total. The molecular weight excluding hydrogens is 266 g/mol. The van der Waals surface area contributed by atoms with Crippen LogP contribution in [0.4, 0.5) is 5.69 Å². The summed E-state index contributed by atoms with van der Waals surface area (Å²) in [4.78, 5) is 13.7. The van der Waals surface area contributed by atoms with Crippen molar-refractivity contribution in [2.24, 2.45) is 0 Å². The van der Waals surface area contributed by atoms with E-state index < -0.39 is 0 Å². The maximum Gasteiger partial charge on any atom is 0.161 e. The second-order valence-electron chi connectivity index (χ2n) is 4.73. The van der Waals surface area contributed by atoms with E-state index in [4.69, 9.17) is 11.6 Å². The SMILES string of the molecule is CC(=O)c1ccc(N2CCSC(C)C2C)cc1Cl. The predicted molar refractivity (Wildman–Crippen MR) is 80.2 cm³/mol. The number of ketones is 1. The van der Waals surface area contributed by atoms with Gasteiger partial charge in [0.05, 0.1) is 5.02 Å². The van der Waals surface area contributed by atoms with Crippen molar-refractivity contribution in [3.8, 4) is 0 Å². The summed E-state index contributed by atoms with van der Waals surface area (Å²) in [5.41, 5.74) is 1.72. The van der Waals surface area contributed by atoms with Crippen LogP contribution in [0.3, 0.4) is 0 Å². The van der Waals surface area contributed by atoms with E-state index >= 15 is 0 Å². The molecule has 2 nitrogen and oxygen atoms in total. The van der Waals surface area contributed by atoms with Crippen molar-refractivity contribution in [3.05, 3.63) is 28.8 Å². The summed E-state index contributed by atoms with van der Waals surface area (Å²) in [5.74, 6) is 1.15. The van der Waals surface area contributed by atoms with E-state index in [-0.39, 0.29) is 5.78 Å². The van der Waals surface area contributed by atoms with Crippen LogP contribution in [0.5, 0.6) is 0 Å². The zero-order valence-electron chi connectivity index (χ0n) is 10.9. The first kappa shape index (κ1) is 13.8. The fourth-order valence-corrected chi connectivity index (χ4v) is 3.67. The summed E-state index contributed by atoms with van der Waals surface area (Å²) in [6.07, 6.45) is 0. The van der Waals surface area contributed by atoms with E-state index in [1.807, 2.05) is 30.0 Å². The first-order chi connectivity index (χ1) is 8.50. The molecule has 4 heteroatoms. The average Bonchev–Trinajstić information content (AvgIpc) is 2.32. The highest BCUT2D eigenvalue weighted by Crippen LogP contribution is 2.31. The van der Waals surface area contributed by atoms with Crippen LogP contribution in [0.25, 0.3) is 0 Å². The third-order valence-electron chi connectivity index (χ3n) is 3.55. The molecule has 0 aromatic heterocycles. The number of benzene rings is 1. The molecule has 0 radical (unpaired) electrons. The maximum absolute atomic E-state index is 11.4. The highest BCUT2D eigenvalue weighted by Gasteiger charge is 2.25. The summed E-state index contributed by atoms with van der Waals surface area (Å²) in [5, 5.41) is 1.17. The first-order valence-electron chi connectivity index (χ1n) is 6.19. The van der Waals surface area contributed by atoms with Crippen LogP contribution in [-0.2, 0) is 0 Å². The Morgan fingerprint density at radius 1 is 1.44 bits per heavy atom. The maximum atomic E-state index is 11.4. The Labute approximate surface area is 118 Å². The van der Waals surface area contributed by atoms with Gasteiger partial charge < -0.3 is 4.90 Å². The summed E-state index contributed by atoms with van der Waals surface area (Å²) in [7, 11) is 0. The third kappa shape index (κ3) is 2.67. The van der Waals surface area contributed by atoms with Gasteiger partial charge in [-0.3, -0.25) is 4.79 Å². The molecule has 2 rings (SSSR count). The third-order valence-corrected chi connectivity index (χ3v) is 5.20. The largest absolute Gasteiger partial charge is 0.367 e. The zero-order chi connectivity index (χ0) is 13.3. The van der Waals surface area contributed by atoms with Crippen molar-refractivity contribution in [1.82, 2.24) is 0 Å². The quantitative estimate of drug-likeness (QED) is 0.769. The Bertz CT molecular complexity index is 463. The lowest BCUT2D eigenvalue weighted by molar-refractivity contribution is 0.101. The van der Waals surface area contributed by atoms with Crippen LogP contribution < -0.4 is 4.90 Å². The fourth-order valence-electron chi connectivity index (χ4n) is 2.27. The molecule has 1 saturated heterocycles. The van der Waals surface area contributed by atoms with E-state index in [1.165, 1.54) is 0 Å². The van der Waals surface area contributed by atoms with E-state index in [0.29, 0.717) is 21.9 Å². The molecule has 98 valence electrons. The molecule has 1 aromatic carbocycles. The van der Waals surface area contributed by atoms with Crippen molar-refractivity contribution in [3.63, 3.8) is 0 Å². The van der Waals surface area contributed by atoms with Crippen LogP contribution >= 0.6 is 23.4 Å². The molecule has 2 unspecified atom stereocenters. The molecule has 1 fully saturated rings. The smallest absolute Gasteiger partial charge is 0.161 e. The molecule has 1 aromatic rings. The van der Waals surface area contributed by atoms with E-state index in [1.54, 1.807) is 6.92 Å². The highest BCUT2D eigenvalue weighted by molar-refractivity contribution is 8.00. The Balaban J connectivity index is 2.28. The van der Waals surface area contributed by atoms with Gasteiger partial charge in [-0.15, -0.1) is 0 Å². The van der Waals surface area contributed by atoms with Gasteiger partial charge in [-0.25, -0.2) is 0 Å². The van der Waals surface area contributed by atoms with Crippen LogP contribution in [0, 0.1) is 0 Å². The van der Waals surface area contributed by atoms with E-state index in [9.17, 15) is 4.79 Å². The van der Waals surface area contributed by atoms with E-state index in [0.717, 1.165) is 18.0 Å². The first-order valence-corrected chi connectivity index (χ1v) is 7.62. The summed E-state index contributed by atoms with van der Waals surface area (Å²) in [6.45, 7) is 7.08.